The average Bonchev–Trinajstić information content (AvgIpc) is 3.08. The van der Waals surface area contributed by atoms with Gasteiger partial charge in [-0.1, -0.05) is 24.3 Å². The minimum Gasteiger partial charge on any atom is -0.368 e. The molecule has 120 valence electrons. The van der Waals surface area contributed by atoms with E-state index in [0.29, 0.717) is 5.95 Å². The van der Waals surface area contributed by atoms with Gasteiger partial charge in [-0.05, 0) is 63.7 Å². The molecule has 4 rings (SSSR count). The maximum Gasteiger partial charge on any atom is 0.220 e. The minimum absolute atomic E-state index is 0.414. The van der Waals surface area contributed by atoms with Crippen LogP contribution in [0.3, 0.4) is 0 Å². The summed E-state index contributed by atoms with van der Waals surface area (Å²) in [5, 5.41) is 0. The molecule has 1 aliphatic heterocycles. The Bertz CT molecular complexity index is 705. The van der Waals surface area contributed by atoms with Crippen molar-refractivity contribution in [3.8, 4) is 11.3 Å². The summed E-state index contributed by atoms with van der Waals surface area (Å²) in [6.45, 7) is 3.70. The summed E-state index contributed by atoms with van der Waals surface area (Å²) >= 11 is 0. The van der Waals surface area contributed by atoms with Gasteiger partial charge >= 0.3 is 0 Å². The Morgan fingerprint density at radius 1 is 1.04 bits per heavy atom. The van der Waals surface area contributed by atoms with Gasteiger partial charge in [0.15, 0.2) is 0 Å². The van der Waals surface area contributed by atoms with Crippen molar-refractivity contribution in [2.45, 2.75) is 38.5 Å². The van der Waals surface area contributed by atoms with E-state index in [9.17, 15) is 0 Å². The quantitative estimate of drug-likeness (QED) is 0.943. The van der Waals surface area contributed by atoms with Gasteiger partial charge in [0.25, 0.3) is 0 Å². The Balaban J connectivity index is 1.58. The fourth-order valence-electron chi connectivity index (χ4n) is 3.95. The number of aryl methyl sites for hydroxylation is 2. The molecule has 4 nitrogen and oxygen atoms in total. The van der Waals surface area contributed by atoms with E-state index in [4.69, 9.17) is 5.73 Å². The lowest BCUT2D eigenvalue weighted by molar-refractivity contribution is 0.333. The number of nitrogens with zero attached hydrogens (tertiary/aromatic N) is 3. The molecule has 0 saturated carbocycles. The lowest BCUT2D eigenvalue weighted by Crippen LogP contribution is -2.21. The predicted molar refractivity (Wildman–Crippen MR) is 93.3 cm³/mol. The van der Waals surface area contributed by atoms with Crippen LogP contribution < -0.4 is 5.73 Å². The third kappa shape index (κ3) is 2.95. The molecule has 0 atom stereocenters. The Kier molecular flexibility index (Phi) is 4.00. The molecule has 1 aromatic heterocycles. The smallest absolute Gasteiger partial charge is 0.220 e. The molecule has 23 heavy (non-hydrogen) atoms. The fourth-order valence-corrected chi connectivity index (χ4v) is 3.95. The van der Waals surface area contributed by atoms with Gasteiger partial charge in [-0.15, -0.1) is 0 Å². The highest BCUT2D eigenvalue weighted by Gasteiger charge is 2.21. The number of hydrogen-bond donors (Lipinski definition) is 1. The molecule has 2 N–H and O–H groups in total. The first kappa shape index (κ1) is 14.6. The highest BCUT2D eigenvalue weighted by molar-refractivity contribution is 5.71. The lowest BCUT2D eigenvalue weighted by Gasteiger charge is -2.22. The molecule has 0 spiro atoms. The van der Waals surface area contributed by atoms with Crippen molar-refractivity contribution in [1.82, 2.24) is 14.9 Å². The summed E-state index contributed by atoms with van der Waals surface area (Å²) in [5.74, 6) is 0.414. The van der Waals surface area contributed by atoms with Gasteiger partial charge in [0, 0.05) is 16.8 Å². The molecule has 2 aromatic rings. The maximum atomic E-state index is 6.00. The van der Waals surface area contributed by atoms with Crippen molar-refractivity contribution in [2.24, 2.45) is 0 Å². The summed E-state index contributed by atoms with van der Waals surface area (Å²) in [7, 11) is 0. The third-order valence-corrected chi connectivity index (χ3v) is 5.11. The Morgan fingerprint density at radius 2 is 1.87 bits per heavy atom. The van der Waals surface area contributed by atoms with Crippen LogP contribution in [0.4, 0.5) is 5.95 Å². The highest BCUT2D eigenvalue weighted by Crippen LogP contribution is 2.33. The van der Waals surface area contributed by atoms with Gasteiger partial charge in [0.2, 0.25) is 5.95 Å². The summed E-state index contributed by atoms with van der Waals surface area (Å²) in [4.78, 5) is 11.7. The number of aromatic nitrogens is 2. The summed E-state index contributed by atoms with van der Waals surface area (Å²) in [5.41, 5.74) is 12.2. The van der Waals surface area contributed by atoms with E-state index in [0.717, 1.165) is 31.4 Å². The average molecular weight is 308 g/mol. The van der Waals surface area contributed by atoms with Crippen molar-refractivity contribution in [3.05, 3.63) is 41.1 Å². The number of likely N-dealkylation sites (tertiary alicyclic amines) is 1. The standard InChI is InChI=1S/C19H24N4/c20-19-21-17(8-5-13-23-11-3-4-12-23)16-10-9-14-6-1-2-7-15(14)18(16)22-19/h1-2,6-7H,3-5,8-13H2,(H2,20,21,22). The van der Waals surface area contributed by atoms with E-state index < -0.39 is 0 Å². The van der Waals surface area contributed by atoms with E-state index in [1.165, 1.54) is 54.9 Å². The number of rotatable bonds is 4. The first-order valence-corrected chi connectivity index (χ1v) is 8.77. The second-order valence-corrected chi connectivity index (χ2v) is 6.67. The molecule has 1 fully saturated rings. The van der Waals surface area contributed by atoms with E-state index in [2.05, 4.69) is 39.1 Å². The molecule has 0 amide bonds. The van der Waals surface area contributed by atoms with Crippen LogP contribution in [0, 0.1) is 0 Å². The summed E-state index contributed by atoms with van der Waals surface area (Å²) in [6, 6.07) is 8.54. The monoisotopic (exact) mass is 308 g/mol. The minimum atomic E-state index is 0.414. The number of hydrogen-bond acceptors (Lipinski definition) is 4. The number of anilines is 1. The van der Waals surface area contributed by atoms with Crippen molar-refractivity contribution in [1.29, 1.82) is 0 Å². The van der Waals surface area contributed by atoms with Gasteiger partial charge in [-0.25, -0.2) is 9.97 Å². The van der Waals surface area contributed by atoms with Gasteiger partial charge < -0.3 is 10.6 Å². The van der Waals surface area contributed by atoms with Crippen LogP contribution in [0.25, 0.3) is 11.3 Å². The SMILES string of the molecule is Nc1nc(CCCN2CCCC2)c2c(n1)-c1ccccc1CC2. The molecular weight excluding hydrogens is 284 g/mol. The first-order chi connectivity index (χ1) is 11.3. The molecule has 1 aliphatic carbocycles. The van der Waals surface area contributed by atoms with E-state index >= 15 is 0 Å². The lowest BCUT2D eigenvalue weighted by atomic mass is 9.87. The fraction of sp³-hybridized carbons (Fsp3) is 0.474. The normalized spacial score (nSPS) is 17.0. The molecular formula is C19H24N4. The Hall–Kier alpha value is -1.94. The molecule has 4 heteroatoms. The van der Waals surface area contributed by atoms with Crippen molar-refractivity contribution >= 4 is 5.95 Å². The molecule has 0 unspecified atom stereocenters. The zero-order valence-electron chi connectivity index (χ0n) is 13.6. The topological polar surface area (TPSA) is 55.0 Å². The van der Waals surface area contributed by atoms with Crippen LogP contribution in [-0.2, 0) is 19.3 Å². The van der Waals surface area contributed by atoms with Gasteiger partial charge in [0.05, 0.1) is 5.69 Å². The number of nitrogen functional groups attached to an aromatic ring is 1. The number of benzene rings is 1. The number of fused-ring (bicyclic) bond motifs is 3. The van der Waals surface area contributed by atoms with Crippen LogP contribution in [0.1, 0.15) is 36.1 Å². The van der Waals surface area contributed by atoms with Gasteiger partial charge in [-0.2, -0.15) is 0 Å². The maximum absolute atomic E-state index is 6.00. The zero-order chi connectivity index (χ0) is 15.6. The second-order valence-electron chi connectivity index (χ2n) is 6.67. The predicted octanol–water partition coefficient (Wildman–Crippen LogP) is 2.85. The van der Waals surface area contributed by atoms with Crippen LogP contribution in [0.5, 0.6) is 0 Å². The Morgan fingerprint density at radius 3 is 2.74 bits per heavy atom. The van der Waals surface area contributed by atoms with E-state index in [-0.39, 0.29) is 0 Å². The summed E-state index contributed by atoms with van der Waals surface area (Å²) in [6.07, 6.45) is 6.98. The largest absolute Gasteiger partial charge is 0.368 e. The van der Waals surface area contributed by atoms with Crippen LogP contribution in [0.15, 0.2) is 24.3 Å². The Labute approximate surface area is 137 Å². The molecule has 2 heterocycles. The first-order valence-electron chi connectivity index (χ1n) is 8.77. The van der Waals surface area contributed by atoms with Gasteiger partial charge in [-0.3, -0.25) is 0 Å². The van der Waals surface area contributed by atoms with E-state index in [1.807, 2.05) is 0 Å². The summed E-state index contributed by atoms with van der Waals surface area (Å²) < 4.78 is 0. The highest BCUT2D eigenvalue weighted by atomic mass is 15.1. The number of nitrogens with two attached hydrogens (primary N) is 1. The van der Waals surface area contributed by atoms with Crippen LogP contribution in [-0.4, -0.2) is 34.5 Å². The molecule has 0 radical (unpaired) electrons. The van der Waals surface area contributed by atoms with Gasteiger partial charge in [0.1, 0.15) is 0 Å². The molecule has 1 aromatic carbocycles. The van der Waals surface area contributed by atoms with Crippen molar-refractivity contribution in [3.63, 3.8) is 0 Å². The van der Waals surface area contributed by atoms with E-state index in [1.54, 1.807) is 0 Å². The molecule has 0 bridgehead atoms. The van der Waals surface area contributed by atoms with Crippen molar-refractivity contribution in [2.75, 3.05) is 25.4 Å². The third-order valence-electron chi connectivity index (χ3n) is 5.11. The second kappa shape index (κ2) is 6.28. The molecule has 1 saturated heterocycles. The molecule has 2 aliphatic rings. The van der Waals surface area contributed by atoms with Crippen molar-refractivity contribution < 1.29 is 0 Å². The van der Waals surface area contributed by atoms with Crippen LogP contribution in [0.2, 0.25) is 0 Å². The van der Waals surface area contributed by atoms with Crippen LogP contribution >= 0.6 is 0 Å². The zero-order valence-corrected chi connectivity index (χ0v) is 13.6.